The number of amides is 1. The Morgan fingerprint density at radius 1 is 0.824 bits per heavy atom. The van der Waals surface area contributed by atoms with E-state index in [1.807, 2.05) is 6.92 Å². The molecule has 2 N–H and O–H groups in total. The highest BCUT2D eigenvalue weighted by atomic mass is 32.2. The molecule has 9 nitrogen and oxygen atoms in total. The van der Waals surface area contributed by atoms with E-state index in [4.69, 9.17) is 18.9 Å². The molecule has 180 valence electrons. The number of sulfonamides is 1. The van der Waals surface area contributed by atoms with Gasteiger partial charge in [-0.3, -0.25) is 9.52 Å². The summed E-state index contributed by atoms with van der Waals surface area (Å²) in [6.45, 7) is 2.38. The summed E-state index contributed by atoms with van der Waals surface area (Å²) in [5.41, 5.74) is 1.09. The van der Waals surface area contributed by atoms with E-state index in [9.17, 15) is 13.2 Å². The minimum Gasteiger partial charge on any atom is -0.494 e. The number of carbonyl (C=O) groups excluding carboxylic acids is 1. The number of hydrogen-bond acceptors (Lipinski definition) is 7. The zero-order chi connectivity index (χ0) is 24.7. The van der Waals surface area contributed by atoms with Crippen LogP contribution in [0, 0.1) is 0 Å². The third-order valence-electron chi connectivity index (χ3n) is 4.77. The van der Waals surface area contributed by atoms with Crippen LogP contribution in [0.5, 0.6) is 23.0 Å². The molecule has 0 atom stereocenters. The second-order valence-electron chi connectivity index (χ2n) is 6.96. The van der Waals surface area contributed by atoms with Crippen LogP contribution < -0.4 is 29.0 Å². The van der Waals surface area contributed by atoms with Gasteiger partial charge in [0.05, 0.1) is 32.8 Å². The van der Waals surface area contributed by atoms with Gasteiger partial charge in [0.1, 0.15) is 5.75 Å². The van der Waals surface area contributed by atoms with E-state index in [1.165, 1.54) is 45.6 Å². The molecule has 0 bridgehead atoms. The topological polar surface area (TPSA) is 112 Å². The van der Waals surface area contributed by atoms with Crippen molar-refractivity contribution in [2.24, 2.45) is 0 Å². The summed E-state index contributed by atoms with van der Waals surface area (Å²) >= 11 is 0. The first kappa shape index (κ1) is 24.7. The molecule has 3 aromatic rings. The maximum Gasteiger partial charge on any atom is 0.261 e. The van der Waals surface area contributed by atoms with Crippen molar-refractivity contribution in [1.82, 2.24) is 0 Å². The van der Waals surface area contributed by atoms with Crippen LogP contribution in [0.2, 0.25) is 0 Å². The zero-order valence-corrected chi connectivity index (χ0v) is 20.1. The smallest absolute Gasteiger partial charge is 0.261 e. The number of methoxy groups -OCH3 is 3. The molecule has 0 aliphatic rings. The lowest BCUT2D eigenvalue weighted by Gasteiger charge is -2.14. The molecule has 0 heterocycles. The van der Waals surface area contributed by atoms with Gasteiger partial charge in [0.25, 0.3) is 15.9 Å². The molecular formula is C24H26N2O7S. The van der Waals surface area contributed by atoms with Crippen molar-refractivity contribution in [1.29, 1.82) is 0 Å². The molecule has 0 unspecified atom stereocenters. The minimum atomic E-state index is -3.84. The maximum absolute atomic E-state index is 12.7. The standard InChI is InChI=1S/C24H26N2O7S/c1-5-33-19-10-8-17(9-11-19)26-34(28,29)20-12-6-16(7-13-20)24(27)25-18-14-21(30-2)23(32-4)22(15-18)31-3/h6-15,26H,5H2,1-4H3,(H,25,27). The number of anilines is 2. The highest BCUT2D eigenvalue weighted by Crippen LogP contribution is 2.40. The summed E-state index contributed by atoms with van der Waals surface area (Å²) in [4.78, 5) is 12.7. The molecular weight excluding hydrogens is 460 g/mol. The van der Waals surface area contributed by atoms with Crippen molar-refractivity contribution in [2.45, 2.75) is 11.8 Å². The van der Waals surface area contributed by atoms with Gasteiger partial charge >= 0.3 is 0 Å². The molecule has 1 amide bonds. The van der Waals surface area contributed by atoms with Crippen LogP contribution in [0.4, 0.5) is 11.4 Å². The number of rotatable bonds is 10. The molecule has 0 aromatic heterocycles. The lowest BCUT2D eigenvalue weighted by Crippen LogP contribution is -2.15. The number of nitrogens with one attached hydrogen (secondary N) is 2. The second-order valence-corrected chi connectivity index (χ2v) is 8.64. The Labute approximate surface area is 198 Å². The molecule has 0 aliphatic heterocycles. The van der Waals surface area contributed by atoms with Gasteiger partial charge in [0.15, 0.2) is 11.5 Å². The highest BCUT2D eigenvalue weighted by Gasteiger charge is 2.17. The van der Waals surface area contributed by atoms with Gasteiger partial charge < -0.3 is 24.3 Å². The largest absolute Gasteiger partial charge is 0.494 e. The first-order valence-electron chi connectivity index (χ1n) is 10.3. The fourth-order valence-corrected chi connectivity index (χ4v) is 4.20. The van der Waals surface area contributed by atoms with Gasteiger partial charge in [-0.05, 0) is 55.5 Å². The highest BCUT2D eigenvalue weighted by molar-refractivity contribution is 7.92. The third kappa shape index (κ3) is 5.70. The predicted octanol–water partition coefficient (Wildman–Crippen LogP) is 4.16. The fourth-order valence-electron chi connectivity index (χ4n) is 3.14. The maximum atomic E-state index is 12.7. The van der Waals surface area contributed by atoms with E-state index >= 15 is 0 Å². The molecule has 0 fully saturated rings. The molecule has 3 rings (SSSR count). The summed E-state index contributed by atoms with van der Waals surface area (Å²) in [5, 5.41) is 2.74. The minimum absolute atomic E-state index is 0.0192. The van der Waals surface area contributed by atoms with Crippen LogP contribution in [0.1, 0.15) is 17.3 Å². The quantitative estimate of drug-likeness (QED) is 0.442. The Kier molecular flexibility index (Phi) is 7.85. The van der Waals surface area contributed by atoms with Crippen LogP contribution in [0.25, 0.3) is 0 Å². The number of hydrogen-bond donors (Lipinski definition) is 2. The van der Waals surface area contributed by atoms with E-state index in [0.29, 0.717) is 41.0 Å². The number of benzene rings is 3. The van der Waals surface area contributed by atoms with E-state index in [2.05, 4.69) is 10.0 Å². The average molecular weight is 487 g/mol. The lowest BCUT2D eigenvalue weighted by molar-refractivity contribution is 0.102. The first-order chi connectivity index (χ1) is 16.3. The second kappa shape index (κ2) is 10.8. The number of ether oxygens (including phenoxy) is 4. The Balaban J connectivity index is 1.74. The lowest BCUT2D eigenvalue weighted by atomic mass is 10.2. The molecule has 3 aromatic carbocycles. The molecule has 0 spiro atoms. The fraction of sp³-hybridized carbons (Fsp3) is 0.208. The van der Waals surface area contributed by atoms with Gasteiger partial charge in [-0.25, -0.2) is 8.42 Å². The van der Waals surface area contributed by atoms with Gasteiger partial charge in [-0.2, -0.15) is 0 Å². The molecule has 0 saturated heterocycles. The first-order valence-corrected chi connectivity index (χ1v) is 11.8. The normalized spacial score (nSPS) is 10.8. The molecule has 10 heteroatoms. The van der Waals surface area contributed by atoms with Crippen LogP contribution in [-0.2, 0) is 10.0 Å². The summed E-state index contributed by atoms with van der Waals surface area (Å²) in [6.07, 6.45) is 0. The zero-order valence-electron chi connectivity index (χ0n) is 19.2. The van der Waals surface area contributed by atoms with E-state index in [1.54, 1.807) is 36.4 Å². The van der Waals surface area contributed by atoms with Gasteiger partial charge in [-0.1, -0.05) is 0 Å². The van der Waals surface area contributed by atoms with E-state index in [0.717, 1.165) is 0 Å². The predicted molar refractivity (Wildman–Crippen MR) is 129 cm³/mol. The van der Waals surface area contributed by atoms with Crippen molar-refractivity contribution in [3.63, 3.8) is 0 Å². The molecule has 0 aliphatic carbocycles. The van der Waals surface area contributed by atoms with Crippen molar-refractivity contribution in [2.75, 3.05) is 38.0 Å². The van der Waals surface area contributed by atoms with Crippen LogP contribution in [0.15, 0.2) is 65.6 Å². The van der Waals surface area contributed by atoms with Gasteiger partial charge in [0.2, 0.25) is 5.75 Å². The third-order valence-corrected chi connectivity index (χ3v) is 6.16. The molecule has 0 radical (unpaired) electrons. The summed E-state index contributed by atoms with van der Waals surface area (Å²) in [5.74, 6) is 1.39. The Morgan fingerprint density at radius 3 is 1.91 bits per heavy atom. The number of carbonyl (C=O) groups is 1. The van der Waals surface area contributed by atoms with Crippen LogP contribution in [-0.4, -0.2) is 42.3 Å². The van der Waals surface area contributed by atoms with Crippen molar-refractivity contribution in [3.8, 4) is 23.0 Å². The van der Waals surface area contributed by atoms with Crippen LogP contribution in [0.3, 0.4) is 0 Å². The van der Waals surface area contributed by atoms with E-state index < -0.39 is 15.9 Å². The summed E-state index contributed by atoms with van der Waals surface area (Å²) in [7, 11) is 0.601. The van der Waals surface area contributed by atoms with Crippen LogP contribution >= 0.6 is 0 Å². The Morgan fingerprint density at radius 2 is 1.41 bits per heavy atom. The van der Waals surface area contributed by atoms with Crippen molar-refractivity contribution >= 4 is 27.3 Å². The van der Waals surface area contributed by atoms with Gasteiger partial charge in [0, 0.05) is 29.1 Å². The van der Waals surface area contributed by atoms with Gasteiger partial charge in [-0.15, -0.1) is 0 Å². The van der Waals surface area contributed by atoms with Crippen molar-refractivity contribution in [3.05, 3.63) is 66.2 Å². The average Bonchev–Trinajstić information content (AvgIpc) is 2.84. The van der Waals surface area contributed by atoms with E-state index in [-0.39, 0.29) is 10.5 Å². The Bertz CT molecular complexity index is 1220. The van der Waals surface area contributed by atoms with Crippen molar-refractivity contribution < 1.29 is 32.2 Å². The summed E-state index contributed by atoms with van der Waals surface area (Å²) in [6, 6.07) is 15.4. The monoisotopic (exact) mass is 486 g/mol. The Hall–Kier alpha value is -3.92. The summed E-state index contributed by atoms with van der Waals surface area (Å²) < 4.78 is 49.1. The molecule has 0 saturated carbocycles. The SMILES string of the molecule is CCOc1ccc(NS(=O)(=O)c2ccc(C(=O)Nc3cc(OC)c(OC)c(OC)c3)cc2)cc1. The molecule has 34 heavy (non-hydrogen) atoms.